The van der Waals surface area contributed by atoms with Crippen LogP contribution in [0.3, 0.4) is 0 Å². The minimum atomic E-state index is -1.74. The van der Waals surface area contributed by atoms with Gasteiger partial charge in [-0.3, -0.25) is 23.5 Å². The van der Waals surface area contributed by atoms with Crippen molar-refractivity contribution in [2.45, 2.75) is 26.9 Å². The predicted octanol–water partition coefficient (Wildman–Crippen LogP) is -0.664. The summed E-state index contributed by atoms with van der Waals surface area (Å²) in [6.45, 7) is 3.71. The molecule has 1 aliphatic rings. The van der Waals surface area contributed by atoms with Gasteiger partial charge in [-0.2, -0.15) is 0 Å². The molecular weight excluding hydrogens is 336 g/mol. The van der Waals surface area contributed by atoms with Crippen LogP contribution >= 0.6 is 12.2 Å². The van der Waals surface area contributed by atoms with Gasteiger partial charge in [-0.15, -0.1) is 0 Å². The van der Waals surface area contributed by atoms with Crippen molar-refractivity contribution in [2.24, 2.45) is 0 Å². The quantitative estimate of drug-likeness (QED) is 0.435. The maximum Gasteiger partial charge on any atom is 0.266 e. The van der Waals surface area contributed by atoms with Gasteiger partial charge in [0, 0.05) is 24.2 Å². The van der Waals surface area contributed by atoms with E-state index in [0.717, 1.165) is 4.57 Å². The first kappa shape index (κ1) is 17.5. The summed E-state index contributed by atoms with van der Waals surface area (Å²) in [6, 6.07) is 0. The second kappa shape index (κ2) is 6.36. The minimum Gasteiger partial charge on any atom is -0.545 e. The fraction of sp³-hybridized carbons (Fsp3) is 0.267. The SMILES string of the molecule is CCn1c(O)c(C2=CC(=O)C(=O)C=C2C(=O)[O-])c(=O)n(CC)c1=S. The first-order valence-corrected chi connectivity index (χ1v) is 7.45. The standard InChI is InChI=1S/C15H14N2O6S/c1-3-16-12(20)11(13(21)17(4-2)15(16)24)7-5-9(18)10(19)6-8(7)14(22)23/h5-6,20H,3-4H2,1-2H3,(H,22,23)/p-1. The number of aliphatic carboxylic acids is 1. The third kappa shape index (κ3) is 2.62. The van der Waals surface area contributed by atoms with E-state index < -0.39 is 40.1 Å². The lowest BCUT2D eigenvalue weighted by molar-refractivity contribution is -0.298. The van der Waals surface area contributed by atoms with Crippen LogP contribution in [-0.2, 0) is 27.5 Å². The average Bonchev–Trinajstić information content (AvgIpc) is 2.51. The van der Waals surface area contributed by atoms with Gasteiger partial charge < -0.3 is 15.0 Å². The Morgan fingerprint density at radius 2 is 1.67 bits per heavy atom. The Labute approximate surface area is 141 Å². The fourth-order valence-corrected chi connectivity index (χ4v) is 2.85. The van der Waals surface area contributed by atoms with Crippen molar-refractivity contribution in [3.05, 3.63) is 38.4 Å². The average molecular weight is 349 g/mol. The molecule has 0 aromatic carbocycles. The molecule has 0 unspecified atom stereocenters. The maximum atomic E-state index is 12.6. The Balaban J connectivity index is 2.93. The number of carboxylic acids is 1. The summed E-state index contributed by atoms with van der Waals surface area (Å²) >= 11 is 5.13. The number of hydrogen-bond donors (Lipinski definition) is 1. The number of rotatable bonds is 4. The Morgan fingerprint density at radius 1 is 1.12 bits per heavy atom. The van der Waals surface area contributed by atoms with E-state index in [1.165, 1.54) is 4.57 Å². The molecule has 0 radical (unpaired) electrons. The van der Waals surface area contributed by atoms with E-state index in [9.17, 15) is 29.4 Å². The maximum absolute atomic E-state index is 12.6. The summed E-state index contributed by atoms with van der Waals surface area (Å²) in [6.07, 6.45) is 1.30. The normalized spacial score (nSPS) is 14.4. The highest BCUT2D eigenvalue weighted by Gasteiger charge is 2.27. The number of carbonyl (C=O) groups excluding carboxylic acids is 3. The van der Waals surface area contributed by atoms with Crippen LogP contribution in [0.15, 0.2) is 22.5 Å². The molecule has 8 nitrogen and oxygen atoms in total. The van der Waals surface area contributed by atoms with E-state index >= 15 is 0 Å². The van der Waals surface area contributed by atoms with Crippen LogP contribution < -0.4 is 10.7 Å². The molecule has 9 heteroatoms. The van der Waals surface area contributed by atoms with Crippen molar-refractivity contribution in [1.82, 2.24) is 9.13 Å². The van der Waals surface area contributed by atoms with E-state index in [1.54, 1.807) is 13.8 Å². The molecule has 0 spiro atoms. The van der Waals surface area contributed by atoms with Crippen molar-refractivity contribution in [3.8, 4) is 5.88 Å². The molecule has 2 rings (SSSR count). The highest BCUT2D eigenvalue weighted by atomic mass is 32.1. The molecule has 0 aliphatic heterocycles. The van der Waals surface area contributed by atoms with Gasteiger partial charge in [0.2, 0.25) is 17.4 Å². The second-order valence-corrected chi connectivity index (χ2v) is 5.27. The Kier molecular flexibility index (Phi) is 4.65. The fourth-order valence-electron chi connectivity index (χ4n) is 2.42. The van der Waals surface area contributed by atoms with E-state index in [4.69, 9.17) is 12.2 Å². The number of aromatic nitrogens is 2. The highest BCUT2D eigenvalue weighted by Crippen LogP contribution is 2.30. The smallest absolute Gasteiger partial charge is 0.266 e. The molecule has 0 amide bonds. The highest BCUT2D eigenvalue weighted by molar-refractivity contribution is 7.71. The number of aromatic hydroxyl groups is 1. The predicted molar refractivity (Wildman–Crippen MR) is 83.6 cm³/mol. The van der Waals surface area contributed by atoms with Crippen LogP contribution in [0.2, 0.25) is 0 Å². The topological polar surface area (TPSA) is 121 Å². The van der Waals surface area contributed by atoms with Crippen molar-refractivity contribution >= 4 is 35.3 Å². The molecule has 0 saturated carbocycles. The van der Waals surface area contributed by atoms with Gasteiger partial charge in [-0.1, -0.05) is 0 Å². The van der Waals surface area contributed by atoms with E-state index in [-0.39, 0.29) is 23.4 Å². The molecule has 0 bridgehead atoms. The molecule has 0 saturated heterocycles. The van der Waals surface area contributed by atoms with Crippen LogP contribution in [0.25, 0.3) is 5.57 Å². The molecule has 0 atom stereocenters. The van der Waals surface area contributed by atoms with Crippen LogP contribution in [0.1, 0.15) is 19.4 Å². The van der Waals surface area contributed by atoms with Crippen molar-refractivity contribution in [1.29, 1.82) is 0 Å². The van der Waals surface area contributed by atoms with Gasteiger partial charge in [-0.25, -0.2) is 0 Å². The Bertz CT molecular complexity index is 948. The molecule has 1 aromatic heterocycles. The minimum absolute atomic E-state index is 0.0593. The summed E-state index contributed by atoms with van der Waals surface area (Å²) in [5, 5.41) is 21.7. The zero-order valence-electron chi connectivity index (χ0n) is 12.9. The van der Waals surface area contributed by atoms with Gasteiger partial charge in [-0.05, 0) is 38.2 Å². The van der Waals surface area contributed by atoms with E-state index in [1.807, 2.05) is 0 Å². The first-order valence-electron chi connectivity index (χ1n) is 7.04. The molecule has 24 heavy (non-hydrogen) atoms. The van der Waals surface area contributed by atoms with Crippen LogP contribution in [0, 0.1) is 4.77 Å². The first-order chi connectivity index (χ1) is 11.2. The monoisotopic (exact) mass is 349 g/mol. The number of hydrogen-bond acceptors (Lipinski definition) is 7. The second-order valence-electron chi connectivity index (χ2n) is 4.91. The van der Waals surface area contributed by atoms with E-state index in [0.29, 0.717) is 12.2 Å². The molecule has 1 heterocycles. The van der Waals surface area contributed by atoms with Crippen molar-refractivity contribution in [2.75, 3.05) is 0 Å². The van der Waals surface area contributed by atoms with Crippen molar-refractivity contribution in [3.63, 3.8) is 0 Å². The molecular formula is C15H13N2O6S-. The zero-order chi connectivity index (χ0) is 18.2. The Morgan fingerprint density at radius 3 is 2.17 bits per heavy atom. The third-order valence-corrected chi connectivity index (χ3v) is 4.05. The molecule has 126 valence electrons. The van der Waals surface area contributed by atoms with Crippen LogP contribution in [0.4, 0.5) is 0 Å². The zero-order valence-corrected chi connectivity index (χ0v) is 13.7. The van der Waals surface area contributed by atoms with E-state index in [2.05, 4.69) is 0 Å². The third-order valence-electron chi connectivity index (χ3n) is 3.61. The molecule has 1 aliphatic carbocycles. The number of nitrogens with zero attached hydrogens (tertiary/aromatic N) is 2. The number of carbonyl (C=O) groups is 3. The van der Waals surface area contributed by atoms with Crippen molar-refractivity contribution < 1.29 is 24.6 Å². The largest absolute Gasteiger partial charge is 0.545 e. The summed E-state index contributed by atoms with van der Waals surface area (Å²) in [5.41, 5.74) is -2.19. The summed E-state index contributed by atoms with van der Waals surface area (Å²) in [7, 11) is 0. The van der Waals surface area contributed by atoms with Crippen LogP contribution in [0.5, 0.6) is 5.88 Å². The number of allylic oxidation sites excluding steroid dienone is 2. The Hall–Kier alpha value is -2.81. The van der Waals surface area contributed by atoms with Crippen LogP contribution in [-0.4, -0.2) is 31.8 Å². The van der Waals surface area contributed by atoms with Gasteiger partial charge in [0.1, 0.15) is 5.56 Å². The molecule has 1 N–H and O–H groups in total. The van der Waals surface area contributed by atoms with Gasteiger partial charge in [0.25, 0.3) is 5.56 Å². The lowest BCUT2D eigenvalue weighted by atomic mass is 9.91. The number of carboxylic acid groups (broad SMARTS) is 1. The lowest BCUT2D eigenvalue weighted by Gasteiger charge is -2.20. The number of ketones is 2. The van der Waals surface area contributed by atoms with Gasteiger partial charge in [0.05, 0.1) is 5.97 Å². The van der Waals surface area contributed by atoms with Gasteiger partial charge in [0.15, 0.2) is 4.77 Å². The summed E-state index contributed by atoms with van der Waals surface area (Å²) < 4.78 is 2.44. The summed E-state index contributed by atoms with van der Waals surface area (Å²) in [5.74, 6) is -4.36. The summed E-state index contributed by atoms with van der Waals surface area (Å²) in [4.78, 5) is 47.0. The molecule has 0 fully saturated rings. The van der Waals surface area contributed by atoms with Gasteiger partial charge >= 0.3 is 0 Å². The lowest BCUT2D eigenvalue weighted by Crippen LogP contribution is -2.33. The molecule has 1 aromatic rings.